The van der Waals surface area contributed by atoms with E-state index >= 15 is 0 Å². The molecular weight excluding hydrogens is 332 g/mol. The molecule has 3 aromatic carbocycles. The van der Waals surface area contributed by atoms with Gasteiger partial charge >= 0.3 is 0 Å². The Balaban J connectivity index is 1.92. The third-order valence-corrected chi connectivity index (χ3v) is 5.27. The summed E-state index contributed by atoms with van der Waals surface area (Å²) in [5.74, 6) is -0.180. The number of nitrogens with zero attached hydrogens (tertiary/aromatic N) is 1. The third kappa shape index (κ3) is 4.55. The van der Waals surface area contributed by atoms with Crippen LogP contribution in [0.15, 0.2) is 101 Å². The number of hydrogen-bond donors (Lipinski definition) is 1. The van der Waals surface area contributed by atoms with Gasteiger partial charge in [0.2, 0.25) is 0 Å². The summed E-state index contributed by atoms with van der Waals surface area (Å²) in [7, 11) is -3.48. The molecule has 0 bridgehead atoms. The molecule has 0 fully saturated rings. The first-order valence-electron chi connectivity index (χ1n) is 7.86. The van der Waals surface area contributed by atoms with Gasteiger partial charge in [-0.1, -0.05) is 66.7 Å². The fourth-order valence-corrected chi connectivity index (χ4v) is 3.68. The Morgan fingerprint density at radius 1 is 0.760 bits per heavy atom. The number of benzene rings is 3. The Morgan fingerprint density at radius 3 is 1.88 bits per heavy atom. The van der Waals surface area contributed by atoms with Gasteiger partial charge in [-0.3, -0.25) is 5.43 Å². The maximum Gasteiger partial charge on any atom is 0.184 e. The van der Waals surface area contributed by atoms with Gasteiger partial charge < -0.3 is 0 Å². The molecule has 0 unspecified atom stereocenters. The molecule has 0 spiro atoms. The van der Waals surface area contributed by atoms with E-state index in [0.29, 0.717) is 10.6 Å². The Bertz CT molecular complexity index is 939. The largest absolute Gasteiger partial charge is 0.278 e. The molecule has 0 aliphatic rings. The van der Waals surface area contributed by atoms with Gasteiger partial charge in [-0.15, -0.1) is 0 Å². The van der Waals surface area contributed by atoms with Crippen molar-refractivity contribution in [1.29, 1.82) is 0 Å². The van der Waals surface area contributed by atoms with E-state index in [0.717, 1.165) is 11.3 Å². The number of hydrogen-bond acceptors (Lipinski definition) is 4. The van der Waals surface area contributed by atoms with Crippen LogP contribution in [0.5, 0.6) is 0 Å². The molecule has 0 amide bonds. The van der Waals surface area contributed by atoms with Crippen LogP contribution in [0, 0.1) is 0 Å². The number of rotatable bonds is 6. The predicted molar refractivity (Wildman–Crippen MR) is 102 cm³/mol. The topological polar surface area (TPSA) is 58.5 Å². The lowest BCUT2D eigenvalue weighted by Gasteiger charge is -2.09. The van der Waals surface area contributed by atoms with E-state index in [1.54, 1.807) is 30.3 Å². The summed E-state index contributed by atoms with van der Waals surface area (Å²) in [6, 6.07) is 27.2. The van der Waals surface area contributed by atoms with E-state index in [2.05, 4.69) is 10.5 Å². The summed E-state index contributed by atoms with van der Waals surface area (Å²) in [6.45, 7) is 0. The minimum absolute atomic E-state index is 0.180. The predicted octanol–water partition coefficient (Wildman–Crippen LogP) is 3.98. The quantitative estimate of drug-likeness (QED) is 0.540. The van der Waals surface area contributed by atoms with Crippen molar-refractivity contribution in [3.63, 3.8) is 0 Å². The Morgan fingerprint density at radius 2 is 1.28 bits per heavy atom. The van der Waals surface area contributed by atoms with Crippen molar-refractivity contribution >= 4 is 21.2 Å². The highest BCUT2D eigenvalue weighted by Crippen LogP contribution is 2.14. The first-order valence-corrected chi connectivity index (χ1v) is 9.51. The van der Waals surface area contributed by atoms with Crippen molar-refractivity contribution in [2.24, 2.45) is 5.10 Å². The molecule has 0 aliphatic carbocycles. The van der Waals surface area contributed by atoms with Gasteiger partial charge in [-0.05, 0) is 29.8 Å². The molecule has 0 atom stereocenters. The van der Waals surface area contributed by atoms with Crippen molar-refractivity contribution < 1.29 is 8.42 Å². The van der Waals surface area contributed by atoms with Crippen molar-refractivity contribution in [2.75, 3.05) is 11.2 Å². The zero-order valence-corrected chi connectivity index (χ0v) is 14.4. The summed E-state index contributed by atoms with van der Waals surface area (Å²) in [4.78, 5) is 0.290. The lowest BCUT2D eigenvalue weighted by molar-refractivity contribution is 0.600. The second-order valence-electron chi connectivity index (χ2n) is 5.47. The summed E-state index contributed by atoms with van der Waals surface area (Å²) in [5, 5.41) is 4.36. The molecule has 3 rings (SSSR count). The molecule has 0 saturated heterocycles. The van der Waals surface area contributed by atoms with Crippen molar-refractivity contribution in [1.82, 2.24) is 0 Å². The Labute approximate surface area is 147 Å². The minimum atomic E-state index is -3.48. The summed E-state index contributed by atoms with van der Waals surface area (Å²) >= 11 is 0. The lowest BCUT2D eigenvalue weighted by Crippen LogP contribution is -2.18. The van der Waals surface area contributed by atoms with Gasteiger partial charge in [-0.2, -0.15) is 5.10 Å². The van der Waals surface area contributed by atoms with Gasteiger partial charge in [0.25, 0.3) is 0 Å². The van der Waals surface area contributed by atoms with Crippen LogP contribution in [0.4, 0.5) is 5.69 Å². The van der Waals surface area contributed by atoms with Gasteiger partial charge in [0, 0.05) is 0 Å². The van der Waals surface area contributed by atoms with E-state index in [1.165, 1.54) is 0 Å². The van der Waals surface area contributed by atoms with Gasteiger partial charge in [0.15, 0.2) is 9.84 Å². The van der Waals surface area contributed by atoms with Gasteiger partial charge in [0.05, 0.1) is 22.0 Å². The Kier molecular flexibility index (Phi) is 5.26. The van der Waals surface area contributed by atoms with Crippen LogP contribution in [0.1, 0.15) is 5.56 Å². The van der Waals surface area contributed by atoms with Crippen LogP contribution >= 0.6 is 0 Å². The molecule has 0 radical (unpaired) electrons. The zero-order valence-electron chi connectivity index (χ0n) is 13.5. The monoisotopic (exact) mass is 350 g/mol. The fourth-order valence-electron chi connectivity index (χ4n) is 2.35. The molecular formula is C20H18N2O2S. The number of hydrazone groups is 1. The van der Waals surface area contributed by atoms with Crippen LogP contribution in [0.25, 0.3) is 0 Å². The van der Waals surface area contributed by atoms with E-state index in [-0.39, 0.29) is 5.75 Å². The molecule has 0 aliphatic heterocycles. The van der Waals surface area contributed by atoms with E-state index in [9.17, 15) is 8.42 Å². The van der Waals surface area contributed by atoms with Crippen LogP contribution in [0.2, 0.25) is 0 Å². The average Bonchev–Trinajstić information content (AvgIpc) is 2.67. The molecule has 4 nitrogen and oxygen atoms in total. The Hall–Kier alpha value is -2.92. The first-order chi connectivity index (χ1) is 12.1. The summed E-state index contributed by atoms with van der Waals surface area (Å²) < 4.78 is 25.4. The normalized spacial score (nSPS) is 11.9. The highest BCUT2D eigenvalue weighted by atomic mass is 32.2. The van der Waals surface area contributed by atoms with Gasteiger partial charge in [-0.25, -0.2) is 8.42 Å². The van der Waals surface area contributed by atoms with E-state index in [1.807, 2.05) is 60.7 Å². The van der Waals surface area contributed by atoms with Crippen molar-refractivity contribution in [3.8, 4) is 0 Å². The highest BCUT2D eigenvalue weighted by molar-refractivity contribution is 7.92. The lowest BCUT2D eigenvalue weighted by atomic mass is 10.1. The molecule has 25 heavy (non-hydrogen) atoms. The second kappa shape index (κ2) is 7.77. The molecule has 0 heterocycles. The van der Waals surface area contributed by atoms with Crippen LogP contribution in [-0.4, -0.2) is 19.9 Å². The fraction of sp³-hybridized carbons (Fsp3) is 0.0500. The smallest absolute Gasteiger partial charge is 0.184 e. The van der Waals surface area contributed by atoms with Crippen LogP contribution < -0.4 is 5.43 Å². The second-order valence-corrected chi connectivity index (χ2v) is 7.46. The van der Waals surface area contributed by atoms with Crippen LogP contribution in [-0.2, 0) is 9.84 Å². The third-order valence-electron chi connectivity index (χ3n) is 3.63. The SMILES string of the molecule is O=S(=O)(C/C(=N/Nc1ccccc1)c1ccccc1)c1ccccc1. The van der Waals surface area contributed by atoms with E-state index < -0.39 is 9.84 Å². The maximum absolute atomic E-state index is 12.7. The van der Waals surface area contributed by atoms with Crippen molar-refractivity contribution in [2.45, 2.75) is 4.90 Å². The standard InChI is InChI=1S/C20H18N2O2S/c23-25(24,19-14-8-3-9-15-19)16-20(17-10-4-1-5-11-17)22-21-18-12-6-2-7-13-18/h1-15,21H,16H2/b22-20-. The average molecular weight is 350 g/mol. The number of sulfone groups is 1. The molecule has 126 valence electrons. The molecule has 5 heteroatoms. The van der Waals surface area contributed by atoms with Crippen LogP contribution in [0.3, 0.4) is 0 Å². The summed E-state index contributed by atoms with van der Waals surface area (Å²) in [5.41, 5.74) is 4.97. The number of anilines is 1. The van der Waals surface area contributed by atoms with Crippen molar-refractivity contribution in [3.05, 3.63) is 96.6 Å². The summed E-state index contributed by atoms with van der Waals surface area (Å²) in [6.07, 6.45) is 0. The number of para-hydroxylation sites is 1. The van der Waals surface area contributed by atoms with E-state index in [4.69, 9.17) is 0 Å². The maximum atomic E-state index is 12.7. The molecule has 1 N–H and O–H groups in total. The molecule has 0 saturated carbocycles. The highest BCUT2D eigenvalue weighted by Gasteiger charge is 2.19. The molecule has 0 aromatic heterocycles. The first kappa shape index (κ1) is 16.9. The van der Waals surface area contributed by atoms with Gasteiger partial charge in [0.1, 0.15) is 0 Å². The zero-order chi connectivity index (χ0) is 17.5. The molecule has 3 aromatic rings. The minimum Gasteiger partial charge on any atom is -0.278 e. The number of nitrogens with one attached hydrogen (secondary N) is 1.